The molecular weight excluding hydrogens is 550 g/mol. The Balaban J connectivity index is 1.85. The van der Waals surface area contributed by atoms with Crippen LogP contribution in [0.4, 0.5) is 11.4 Å². The number of nitro benzene ring substituents is 1. The molecule has 10 heteroatoms. The molecular formula is C26H21BrClN3O5. The molecule has 0 saturated carbocycles. The van der Waals surface area contributed by atoms with Crippen LogP contribution in [0.2, 0.25) is 5.02 Å². The summed E-state index contributed by atoms with van der Waals surface area (Å²) in [6.07, 6.45) is 1.43. The van der Waals surface area contributed by atoms with Crippen molar-refractivity contribution in [1.29, 1.82) is 5.26 Å². The second-order valence-electron chi connectivity index (χ2n) is 7.57. The molecule has 3 aromatic carbocycles. The first-order chi connectivity index (χ1) is 17.2. The minimum atomic E-state index is -0.586. The van der Waals surface area contributed by atoms with Gasteiger partial charge in [0.2, 0.25) is 0 Å². The predicted octanol–water partition coefficient (Wildman–Crippen LogP) is 6.84. The molecule has 0 fully saturated rings. The molecule has 36 heavy (non-hydrogen) atoms. The number of aryl methyl sites for hydroxylation is 1. The zero-order chi connectivity index (χ0) is 26.2. The Labute approximate surface area is 221 Å². The quantitative estimate of drug-likeness (QED) is 0.130. The first-order valence-electron chi connectivity index (χ1n) is 10.7. The number of benzene rings is 3. The highest BCUT2D eigenvalue weighted by molar-refractivity contribution is 9.10. The zero-order valence-corrected chi connectivity index (χ0v) is 21.7. The van der Waals surface area contributed by atoms with Crippen molar-refractivity contribution in [1.82, 2.24) is 0 Å². The van der Waals surface area contributed by atoms with Gasteiger partial charge in [0, 0.05) is 22.8 Å². The molecule has 0 atom stereocenters. The van der Waals surface area contributed by atoms with Gasteiger partial charge in [0.25, 0.3) is 11.6 Å². The first kappa shape index (κ1) is 26.7. The number of rotatable bonds is 9. The Morgan fingerprint density at radius 2 is 2.00 bits per heavy atom. The number of carbonyl (C=O) groups excluding carboxylic acids is 1. The number of hydrogen-bond acceptors (Lipinski definition) is 6. The number of carbonyl (C=O) groups is 1. The lowest BCUT2D eigenvalue weighted by Crippen LogP contribution is -2.13. The SMILES string of the molecule is CCOc1cc(/C=C(/C#N)C(=O)Nc2ccc(C)c(Cl)c2)cc(Br)c1OCc1cccc([N+](=O)[O-])c1. The van der Waals surface area contributed by atoms with Gasteiger partial charge in [-0.05, 0) is 76.8 Å². The number of non-ortho nitro benzene ring substituents is 1. The molecule has 3 rings (SSSR count). The Morgan fingerprint density at radius 1 is 1.22 bits per heavy atom. The van der Waals surface area contributed by atoms with Gasteiger partial charge in [0.1, 0.15) is 18.2 Å². The van der Waals surface area contributed by atoms with Gasteiger partial charge in [0.05, 0.1) is 16.0 Å². The standard InChI is InChI=1S/C26H21BrClN3O5/c1-3-35-24-12-18(9-19(14-29)26(32)30-20-8-7-16(2)23(28)13-20)11-22(27)25(24)36-15-17-5-4-6-21(10-17)31(33)34/h4-13H,3,15H2,1-2H3,(H,30,32)/b19-9-. The molecule has 3 aromatic rings. The summed E-state index contributed by atoms with van der Waals surface area (Å²) in [5.41, 5.74) is 2.33. The lowest BCUT2D eigenvalue weighted by atomic mass is 10.1. The second kappa shape index (κ2) is 12.2. The number of nitrogens with zero attached hydrogens (tertiary/aromatic N) is 2. The maximum atomic E-state index is 12.7. The predicted molar refractivity (Wildman–Crippen MR) is 141 cm³/mol. The molecule has 0 aromatic heterocycles. The topological polar surface area (TPSA) is 114 Å². The van der Waals surface area contributed by atoms with E-state index >= 15 is 0 Å². The third kappa shape index (κ3) is 6.84. The van der Waals surface area contributed by atoms with Crippen LogP contribution in [-0.2, 0) is 11.4 Å². The molecule has 0 heterocycles. The van der Waals surface area contributed by atoms with Crippen molar-refractivity contribution < 1.29 is 19.2 Å². The molecule has 1 N–H and O–H groups in total. The number of hydrogen-bond donors (Lipinski definition) is 1. The smallest absolute Gasteiger partial charge is 0.269 e. The number of anilines is 1. The summed E-state index contributed by atoms with van der Waals surface area (Å²) in [5.74, 6) is 0.182. The summed E-state index contributed by atoms with van der Waals surface area (Å²) >= 11 is 9.57. The molecule has 0 aliphatic heterocycles. The maximum Gasteiger partial charge on any atom is 0.269 e. The van der Waals surface area contributed by atoms with Gasteiger partial charge >= 0.3 is 0 Å². The number of halogens is 2. The lowest BCUT2D eigenvalue weighted by Gasteiger charge is -2.15. The van der Waals surface area contributed by atoms with Crippen LogP contribution in [0.15, 0.2) is 64.6 Å². The van der Waals surface area contributed by atoms with Crippen LogP contribution < -0.4 is 14.8 Å². The fourth-order valence-electron chi connectivity index (χ4n) is 3.17. The molecule has 0 saturated heterocycles. The van der Waals surface area contributed by atoms with Gasteiger partial charge in [-0.15, -0.1) is 0 Å². The van der Waals surface area contributed by atoms with Gasteiger partial charge in [0.15, 0.2) is 11.5 Å². The Morgan fingerprint density at radius 3 is 2.67 bits per heavy atom. The monoisotopic (exact) mass is 569 g/mol. The minimum absolute atomic E-state index is 0.0316. The summed E-state index contributed by atoms with van der Waals surface area (Å²) in [4.78, 5) is 23.2. The summed E-state index contributed by atoms with van der Waals surface area (Å²) in [7, 11) is 0. The largest absolute Gasteiger partial charge is 0.490 e. The van der Waals surface area contributed by atoms with Crippen LogP contribution in [0.25, 0.3) is 6.08 Å². The summed E-state index contributed by atoms with van der Waals surface area (Å²) in [5, 5.41) is 23.8. The van der Waals surface area contributed by atoms with E-state index in [2.05, 4.69) is 21.2 Å². The molecule has 0 bridgehead atoms. The third-order valence-corrected chi connectivity index (χ3v) is 5.94. The van der Waals surface area contributed by atoms with Gasteiger partial charge in [-0.3, -0.25) is 14.9 Å². The van der Waals surface area contributed by atoms with Crippen LogP contribution in [-0.4, -0.2) is 17.4 Å². The van der Waals surface area contributed by atoms with E-state index in [0.717, 1.165) is 5.56 Å². The molecule has 0 spiro atoms. The van der Waals surface area contributed by atoms with E-state index in [0.29, 0.717) is 44.4 Å². The van der Waals surface area contributed by atoms with Gasteiger partial charge < -0.3 is 14.8 Å². The van der Waals surface area contributed by atoms with Crippen molar-refractivity contribution in [3.63, 3.8) is 0 Å². The highest BCUT2D eigenvalue weighted by atomic mass is 79.9. The van der Waals surface area contributed by atoms with Crippen molar-refractivity contribution in [2.45, 2.75) is 20.5 Å². The van der Waals surface area contributed by atoms with E-state index in [1.165, 1.54) is 18.2 Å². The normalized spacial score (nSPS) is 10.9. The van der Waals surface area contributed by atoms with Gasteiger partial charge in [-0.1, -0.05) is 29.8 Å². The van der Waals surface area contributed by atoms with E-state index in [4.69, 9.17) is 21.1 Å². The highest BCUT2D eigenvalue weighted by Gasteiger charge is 2.16. The van der Waals surface area contributed by atoms with Crippen LogP contribution in [0.3, 0.4) is 0 Å². The number of nitriles is 1. The number of nitrogens with one attached hydrogen (secondary N) is 1. The Bertz CT molecular complexity index is 1380. The van der Waals surface area contributed by atoms with Gasteiger partial charge in [-0.2, -0.15) is 5.26 Å². The Hall–Kier alpha value is -3.87. The van der Waals surface area contributed by atoms with Crippen molar-refractivity contribution in [2.75, 3.05) is 11.9 Å². The van der Waals surface area contributed by atoms with E-state index in [-0.39, 0.29) is 17.9 Å². The zero-order valence-electron chi connectivity index (χ0n) is 19.4. The van der Waals surface area contributed by atoms with E-state index < -0.39 is 10.8 Å². The van der Waals surface area contributed by atoms with Crippen molar-refractivity contribution in [2.24, 2.45) is 0 Å². The Kier molecular flexibility index (Phi) is 9.06. The fourth-order valence-corrected chi connectivity index (χ4v) is 3.93. The molecule has 184 valence electrons. The number of nitro groups is 1. The molecule has 0 aliphatic rings. The fraction of sp³-hybridized carbons (Fsp3) is 0.154. The molecule has 0 radical (unpaired) electrons. The van der Waals surface area contributed by atoms with E-state index in [9.17, 15) is 20.2 Å². The summed E-state index contributed by atoms with van der Waals surface area (Å²) in [6.45, 7) is 4.06. The van der Waals surface area contributed by atoms with Crippen molar-refractivity contribution >= 4 is 50.9 Å². The maximum absolute atomic E-state index is 12.7. The van der Waals surface area contributed by atoms with Gasteiger partial charge in [-0.25, -0.2) is 0 Å². The molecule has 1 amide bonds. The number of ether oxygens (including phenoxy) is 2. The van der Waals surface area contributed by atoms with Crippen molar-refractivity contribution in [3.8, 4) is 17.6 Å². The highest BCUT2D eigenvalue weighted by Crippen LogP contribution is 2.38. The molecule has 0 unspecified atom stereocenters. The third-order valence-electron chi connectivity index (χ3n) is 4.94. The molecule has 0 aliphatic carbocycles. The summed E-state index contributed by atoms with van der Waals surface area (Å²) in [6, 6.07) is 16.5. The second-order valence-corrected chi connectivity index (χ2v) is 8.83. The van der Waals surface area contributed by atoms with Crippen molar-refractivity contribution in [3.05, 3.63) is 96.5 Å². The van der Waals surface area contributed by atoms with E-state index in [1.54, 1.807) is 42.5 Å². The molecule has 8 nitrogen and oxygen atoms in total. The van der Waals surface area contributed by atoms with Crippen LogP contribution in [0, 0.1) is 28.4 Å². The average molecular weight is 571 g/mol. The number of amides is 1. The summed E-state index contributed by atoms with van der Waals surface area (Å²) < 4.78 is 12.1. The van der Waals surface area contributed by atoms with Crippen LogP contribution in [0.5, 0.6) is 11.5 Å². The first-order valence-corrected chi connectivity index (χ1v) is 11.9. The van der Waals surface area contributed by atoms with E-state index in [1.807, 2.05) is 19.9 Å². The van der Waals surface area contributed by atoms with Crippen LogP contribution >= 0.6 is 27.5 Å². The van der Waals surface area contributed by atoms with Crippen LogP contribution in [0.1, 0.15) is 23.6 Å². The lowest BCUT2D eigenvalue weighted by molar-refractivity contribution is -0.384. The minimum Gasteiger partial charge on any atom is -0.490 e. The average Bonchev–Trinajstić information content (AvgIpc) is 2.84.